The van der Waals surface area contributed by atoms with Crippen LogP contribution < -0.4 is 0 Å². The summed E-state index contributed by atoms with van der Waals surface area (Å²) in [5.41, 5.74) is -1.52. The van der Waals surface area contributed by atoms with Crippen LogP contribution in [-0.4, -0.2) is 21.8 Å². The molecule has 3 nitrogen and oxygen atoms in total. The molecule has 0 spiro atoms. The topological polar surface area (TPSA) is 57.5 Å². The second kappa shape index (κ2) is 3.44. The third-order valence-corrected chi connectivity index (χ3v) is 2.62. The number of aliphatic hydroxyl groups is 1. The monoisotopic (exact) mass is 172 g/mol. The van der Waals surface area contributed by atoms with Gasteiger partial charge in [0, 0.05) is 0 Å². The molecule has 0 amide bonds. The highest BCUT2D eigenvalue weighted by Crippen LogP contribution is 2.31. The van der Waals surface area contributed by atoms with Crippen molar-refractivity contribution in [2.75, 3.05) is 0 Å². The van der Waals surface area contributed by atoms with Gasteiger partial charge in [-0.3, -0.25) is 0 Å². The SMILES string of the molecule is C[C@@](O)(CC1CCCC1)C(=O)O. The van der Waals surface area contributed by atoms with Crippen molar-refractivity contribution >= 4 is 5.97 Å². The van der Waals surface area contributed by atoms with Gasteiger partial charge < -0.3 is 10.2 Å². The molecule has 12 heavy (non-hydrogen) atoms. The third-order valence-electron chi connectivity index (χ3n) is 2.62. The molecule has 0 radical (unpaired) electrons. The van der Waals surface area contributed by atoms with Crippen LogP contribution in [0.15, 0.2) is 0 Å². The minimum Gasteiger partial charge on any atom is -0.479 e. The predicted octanol–water partition coefficient (Wildman–Crippen LogP) is 1.40. The highest BCUT2D eigenvalue weighted by atomic mass is 16.4. The van der Waals surface area contributed by atoms with E-state index in [1.165, 1.54) is 19.8 Å². The fourth-order valence-electron chi connectivity index (χ4n) is 1.86. The molecule has 0 aromatic carbocycles. The summed E-state index contributed by atoms with van der Waals surface area (Å²) in [4.78, 5) is 10.6. The van der Waals surface area contributed by atoms with E-state index < -0.39 is 11.6 Å². The first-order chi connectivity index (χ1) is 5.52. The lowest BCUT2D eigenvalue weighted by molar-refractivity contribution is -0.158. The number of aliphatic carboxylic acids is 1. The van der Waals surface area contributed by atoms with Gasteiger partial charge in [0.25, 0.3) is 0 Å². The molecule has 70 valence electrons. The second-order valence-electron chi connectivity index (χ2n) is 3.93. The van der Waals surface area contributed by atoms with Crippen molar-refractivity contribution in [1.82, 2.24) is 0 Å². The molecule has 0 saturated heterocycles. The number of hydrogen-bond acceptors (Lipinski definition) is 2. The summed E-state index contributed by atoms with van der Waals surface area (Å²) in [6.45, 7) is 1.38. The zero-order valence-electron chi connectivity index (χ0n) is 7.42. The van der Waals surface area contributed by atoms with E-state index >= 15 is 0 Å². The van der Waals surface area contributed by atoms with E-state index in [2.05, 4.69) is 0 Å². The fourth-order valence-corrected chi connectivity index (χ4v) is 1.86. The molecule has 1 aliphatic rings. The Bertz CT molecular complexity index is 169. The molecule has 1 saturated carbocycles. The lowest BCUT2D eigenvalue weighted by atomic mass is 9.91. The zero-order valence-corrected chi connectivity index (χ0v) is 7.42. The van der Waals surface area contributed by atoms with Gasteiger partial charge in [-0.1, -0.05) is 25.7 Å². The summed E-state index contributed by atoms with van der Waals surface area (Å²) in [5.74, 6) is -0.689. The summed E-state index contributed by atoms with van der Waals surface area (Å²) in [6.07, 6.45) is 4.91. The van der Waals surface area contributed by atoms with Gasteiger partial charge in [0.1, 0.15) is 0 Å². The molecule has 3 heteroatoms. The van der Waals surface area contributed by atoms with E-state index in [0.29, 0.717) is 12.3 Å². The Morgan fingerprint density at radius 1 is 1.50 bits per heavy atom. The van der Waals surface area contributed by atoms with Crippen LogP contribution in [0, 0.1) is 5.92 Å². The number of carbonyl (C=O) groups is 1. The number of carboxylic acids is 1. The lowest BCUT2D eigenvalue weighted by Crippen LogP contribution is -2.36. The van der Waals surface area contributed by atoms with Crippen LogP contribution >= 0.6 is 0 Å². The predicted molar refractivity (Wildman–Crippen MR) is 44.8 cm³/mol. The third kappa shape index (κ3) is 2.21. The zero-order chi connectivity index (χ0) is 9.19. The van der Waals surface area contributed by atoms with E-state index in [4.69, 9.17) is 5.11 Å². The van der Waals surface area contributed by atoms with Crippen molar-refractivity contribution in [3.05, 3.63) is 0 Å². The van der Waals surface area contributed by atoms with Gasteiger partial charge in [-0.05, 0) is 19.3 Å². The fraction of sp³-hybridized carbons (Fsp3) is 0.889. The van der Waals surface area contributed by atoms with E-state index in [0.717, 1.165) is 12.8 Å². The lowest BCUT2D eigenvalue weighted by Gasteiger charge is -2.21. The van der Waals surface area contributed by atoms with Crippen molar-refractivity contribution in [2.45, 2.75) is 44.6 Å². The first-order valence-electron chi connectivity index (χ1n) is 4.48. The van der Waals surface area contributed by atoms with Crippen LogP contribution in [0.5, 0.6) is 0 Å². The smallest absolute Gasteiger partial charge is 0.335 e. The second-order valence-corrected chi connectivity index (χ2v) is 3.93. The van der Waals surface area contributed by atoms with Gasteiger partial charge in [0.05, 0.1) is 0 Å². The Balaban J connectivity index is 2.42. The van der Waals surface area contributed by atoms with Crippen molar-refractivity contribution in [2.24, 2.45) is 5.92 Å². The molecule has 2 N–H and O–H groups in total. The maximum absolute atomic E-state index is 10.6. The Kier molecular flexibility index (Phi) is 2.73. The van der Waals surface area contributed by atoms with E-state index in [1.54, 1.807) is 0 Å². The van der Waals surface area contributed by atoms with Gasteiger partial charge in [-0.25, -0.2) is 4.79 Å². The average molecular weight is 172 g/mol. The van der Waals surface area contributed by atoms with Crippen LogP contribution in [0.25, 0.3) is 0 Å². The van der Waals surface area contributed by atoms with Crippen LogP contribution in [0.3, 0.4) is 0 Å². The van der Waals surface area contributed by atoms with Crippen molar-refractivity contribution < 1.29 is 15.0 Å². The Hall–Kier alpha value is -0.570. The van der Waals surface area contributed by atoms with Gasteiger partial charge in [0.15, 0.2) is 5.60 Å². The van der Waals surface area contributed by atoms with Crippen molar-refractivity contribution in [1.29, 1.82) is 0 Å². The minimum absolute atomic E-state index is 0.405. The number of rotatable bonds is 3. The first kappa shape index (κ1) is 9.52. The highest BCUT2D eigenvalue weighted by molar-refractivity contribution is 5.76. The van der Waals surface area contributed by atoms with Crippen molar-refractivity contribution in [3.8, 4) is 0 Å². The normalized spacial score (nSPS) is 23.8. The summed E-state index contributed by atoms with van der Waals surface area (Å²) >= 11 is 0. The molecular formula is C9H16O3. The molecule has 0 bridgehead atoms. The first-order valence-corrected chi connectivity index (χ1v) is 4.48. The molecule has 0 aromatic heterocycles. The van der Waals surface area contributed by atoms with Crippen molar-refractivity contribution in [3.63, 3.8) is 0 Å². The summed E-state index contributed by atoms with van der Waals surface area (Å²) in [5, 5.41) is 18.1. The highest BCUT2D eigenvalue weighted by Gasteiger charge is 2.33. The Labute approximate surface area is 72.4 Å². The van der Waals surface area contributed by atoms with Crippen LogP contribution in [0.2, 0.25) is 0 Å². The average Bonchev–Trinajstić information content (AvgIpc) is 2.38. The molecule has 0 heterocycles. The molecule has 0 unspecified atom stereocenters. The molecule has 1 aliphatic carbocycles. The van der Waals surface area contributed by atoms with Gasteiger partial charge in [0.2, 0.25) is 0 Å². The molecule has 1 rings (SSSR count). The number of hydrogen-bond donors (Lipinski definition) is 2. The largest absolute Gasteiger partial charge is 0.479 e. The maximum Gasteiger partial charge on any atom is 0.335 e. The molecule has 1 atom stereocenters. The maximum atomic E-state index is 10.6. The molecule has 1 fully saturated rings. The molecular weight excluding hydrogens is 156 g/mol. The van der Waals surface area contributed by atoms with E-state index in [9.17, 15) is 9.90 Å². The van der Waals surface area contributed by atoms with Crippen LogP contribution in [-0.2, 0) is 4.79 Å². The van der Waals surface area contributed by atoms with E-state index in [1.807, 2.05) is 0 Å². The summed E-state index contributed by atoms with van der Waals surface area (Å²) in [7, 11) is 0. The quantitative estimate of drug-likeness (QED) is 0.676. The minimum atomic E-state index is -1.52. The summed E-state index contributed by atoms with van der Waals surface area (Å²) < 4.78 is 0. The van der Waals surface area contributed by atoms with E-state index in [-0.39, 0.29) is 0 Å². The summed E-state index contributed by atoms with van der Waals surface area (Å²) in [6, 6.07) is 0. The Morgan fingerprint density at radius 3 is 2.42 bits per heavy atom. The van der Waals surface area contributed by atoms with Crippen LogP contribution in [0.1, 0.15) is 39.0 Å². The standard InChI is InChI=1S/C9H16O3/c1-9(12,8(10)11)6-7-4-2-3-5-7/h7,12H,2-6H2,1H3,(H,10,11)/t9-/m1/s1. The van der Waals surface area contributed by atoms with Crippen LogP contribution in [0.4, 0.5) is 0 Å². The number of carboxylic acid groups (broad SMARTS) is 1. The van der Waals surface area contributed by atoms with Gasteiger partial charge in [-0.2, -0.15) is 0 Å². The molecule has 0 aromatic rings. The van der Waals surface area contributed by atoms with Gasteiger partial charge in [-0.15, -0.1) is 0 Å². The van der Waals surface area contributed by atoms with Gasteiger partial charge >= 0.3 is 5.97 Å². The molecule has 0 aliphatic heterocycles. The Morgan fingerprint density at radius 2 is 2.00 bits per heavy atom.